The smallest absolute Gasteiger partial charge is 0.340 e. The van der Waals surface area contributed by atoms with Crippen LogP contribution in [-0.2, 0) is 9.47 Å². The Morgan fingerprint density at radius 1 is 1.47 bits per heavy atom. The molecule has 1 aromatic carbocycles. The van der Waals surface area contributed by atoms with Crippen molar-refractivity contribution in [1.29, 1.82) is 0 Å². The van der Waals surface area contributed by atoms with Crippen molar-refractivity contribution in [1.82, 2.24) is 0 Å². The molecule has 1 aromatic rings. The Morgan fingerprint density at radius 3 is 2.88 bits per heavy atom. The van der Waals surface area contributed by atoms with Crippen LogP contribution in [0.3, 0.4) is 0 Å². The molecule has 0 saturated heterocycles. The lowest BCUT2D eigenvalue weighted by atomic mass is 10.1. The number of nitrogens with one attached hydrogen (secondary N) is 1. The maximum atomic E-state index is 11.7. The summed E-state index contributed by atoms with van der Waals surface area (Å²) < 4.78 is 9.90. The Labute approximate surface area is 101 Å². The van der Waals surface area contributed by atoms with Crippen molar-refractivity contribution in [3.05, 3.63) is 23.8 Å². The van der Waals surface area contributed by atoms with E-state index in [-0.39, 0.29) is 5.97 Å². The van der Waals surface area contributed by atoms with Crippen molar-refractivity contribution < 1.29 is 14.3 Å². The standard InChI is InChI=1S/C12H18N2O3/c1-3-17-12(15)9-5-4-6-10(13)11(9)14-7-8-16-2/h4-6,14H,3,7-8,13H2,1-2H3. The van der Waals surface area contributed by atoms with Gasteiger partial charge in [-0.25, -0.2) is 4.79 Å². The molecule has 0 unspecified atom stereocenters. The van der Waals surface area contributed by atoms with Gasteiger partial charge in [-0.3, -0.25) is 0 Å². The summed E-state index contributed by atoms with van der Waals surface area (Å²) in [5.41, 5.74) is 7.39. The molecule has 0 radical (unpaired) electrons. The quantitative estimate of drug-likeness (QED) is 0.446. The van der Waals surface area contributed by atoms with Crippen molar-refractivity contribution in [2.45, 2.75) is 6.92 Å². The minimum Gasteiger partial charge on any atom is -0.462 e. The number of methoxy groups -OCH3 is 1. The normalized spacial score (nSPS) is 10.0. The summed E-state index contributed by atoms with van der Waals surface area (Å²) >= 11 is 0. The van der Waals surface area contributed by atoms with E-state index in [1.165, 1.54) is 0 Å². The maximum absolute atomic E-state index is 11.7. The van der Waals surface area contributed by atoms with Gasteiger partial charge in [-0.2, -0.15) is 0 Å². The number of esters is 1. The molecule has 0 bridgehead atoms. The fourth-order valence-corrected chi connectivity index (χ4v) is 1.42. The van der Waals surface area contributed by atoms with Gasteiger partial charge in [0.05, 0.1) is 30.2 Å². The Balaban J connectivity index is 2.87. The lowest BCUT2D eigenvalue weighted by Crippen LogP contribution is -2.14. The van der Waals surface area contributed by atoms with Crippen LogP contribution in [-0.4, -0.2) is 32.8 Å². The Hall–Kier alpha value is -1.75. The molecule has 0 fully saturated rings. The first kappa shape index (κ1) is 13.3. The molecule has 0 aliphatic rings. The average molecular weight is 238 g/mol. The molecule has 5 heteroatoms. The van der Waals surface area contributed by atoms with Gasteiger partial charge in [0, 0.05) is 13.7 Å². The summed E-state index contributed by atoms with van der Waals surface area (Å²) in [5.74, 6) is -0.375. The third kappa shape index (κ3) is 3.64. The molecule has 3 N–H and O–H groups in total. The van der Waals surface area contributed by atoms with Crippen LogP contribution in [0, 0.1) is 0 Å². The van der Waals surface area contributed by atoms with Crippen LogP contribution < -0.4 is 11.1 Å². The number of benzene rings is 1. The molecule has 5 nitrogen and oxygen atoms in total. The fourth-order valence-electron chi connectivity index (χ4n) is 1.42. The zero-order chi connectivity index (χ0) is 12.7. The van der Waals surface area contributed by atoms with E-state index in [9.17, 15) is 4.79 Å². The number of anilines is 2. The molecule has 0 atom stereocenters. The van der Waals surface area contributed by atoms with E-state index in [0.717, 1.165) is 0 Å². The third-order valence-electron chi connectivity index (χ3n) is 2.20. The van der Waals surface area contributed by atoms with Crippen LogP contribution in [0.2, 0.25) is 0 Å². The highest BCUT2D eigenvalue weighted by molar-refractivity contribution is 5.98. The summed E-state index contributed by atoms with van der Waals surface area (Å²) in [7, 11) is 1.61. The molecule has 1 rings (SSSR count). The Kier molecular flexibility index (Phi) is 5.29. The van der Waals surface area contributed by atoms with E-state index in [1.807, 2.05) is 0 Å². The van der Waals surface area contributed by atoms with Crippen LogP contribution >= 0.6 is 0 Å². The zero-order valence-corrected chi connectivity index (χ0v) is 10.2. The van der Waals surface area contributed by atoms with Gasteiger partial charge >= 0.3 is 5.97 Å². The van der Waals surface area contributed by atoms with E-state index in [1.54, 1.807) is 32.2 Å². The van der Waals surface area contributed by atoms with E-state index in [0.29, 0.717) is 36.7 Å². The predicted molar refractivity (Wildman–Crippen MR) is 67.2 cm³/mol. The summed E-state index contributed by atoms with van der Waals surface area (Å²) in [4.78, 5) is 11.7. The number of carbonyl (C=O) groups is 1. The van der Waals surface area contributed by atoms with Crippen LogP contribution in [0.1, 0.15) is 17.3 Å². The van der Waals surface area contributed by atoms with Gasteiger partial charge in [0.2, 0.25) is 0 Å². The molecule has 0 aliphatic heterocycles. The maximum Gasteiger partial charge on any atom is 0.340 e. The van der Waals surface area contributed by atoms with Crippen LogP contribution in [0.4, 0.5) is 11.4 Å². The highest BCUT2D eigenvalue weighted by Crippen LogP contribution is 2.23. The van der Waals surface area contributed by atoms with Crippen LogP contribution in [0.15, 0.2) is 18.2 Å². The van der Waals surface area contributed by atoms with Crippen molar-refractivity contribution in [3.63, 3.8) is 0 Å². The van der Waals surface area contributed by atoms with E-state index < -0.39 is 0 Å². The zero-order valence-electron chi connectivity index (χ0n) is 10.2. The number of nitrogens with two attached hydrogens (primary N) is 1. The van der Waals surface area contributed by atoms with Crippen molar-refractivity contribution >= 4 is 17.3 Å². The number of rotatable bonds is 6. The monoisotopic (exact) mass is 238 g/mol. The minimum atomic E-state index is -0.375. The molecule has 0 saturated carbocycles. The average Bonchev–Trinajstić information content (AvgIpc) is 2.31. The highest BCUT2D eigenvalue weighted by atomic mass is 16.5. The van der Waals surface area contributed by atoms with Crippen molar-refractivity contribution in [3.8, 4) is 0 Å². The predicted octanol–water partition coefficient (Wildman–Crippen LogP) is 1.50. The third-order valence-corrected chi connectivity index (χ3v) is 2.20. The number of ether oxygens (including phenoxy) is 2. The van der Waals surface area contributed by atoms with Gasteiger partial charge in [0.15, 0.2) is 0 Å². The molecular formula is C12H18N2O3. The van der Waals surface area contributed by atoms with E-state index >= 15 is 0 Å². The van der Waals surface area contributed by atoms with Gasteiger partial charge in [-0.05, 0) is 19.1 Å². The van der Waals surface area contributed by atoms with Gasteiger partial charge in [-0.15, -0.1) is 0 Å². The number of carbonyl (C=O) groups excluding carboxylic acids is 1. The molecule has 0 spiro atoms. The topological polar surface area (TPSA) is 73.6 Å². The number of para-hydroxylation sites is 1. The van der Waals surface area contributed by atoms with Gasteiger partial charge in [-0.1, -0.05) is 6.07 Å². The molecular weight excluding hydrogens is 220 g/mol. The largest absolute Gasteiger partial charge is 0.462 e. The van der Waals surface area contributed by atoms with Gasteiger partial charge in [0.25, 0.3) is 0 Å². The molecule has 94 valence electrons. The molecule has 0 aromatic heterocycles. The molecule has 17 heavy (non-hydrogen) atoms. The van der Waals surface area contributed by atoms with Crippen molar-refractivity contribution in [2.75, 3.05) is 37.9 Å². The lowest BCUT2D eigenvalue weighted by molar-refractivity contribution is 0.0527. The van der Waals surface area contributed by atoms with Crippen LogP contribution in [0.25, 0.3) is 0 Å². The lowest BCUT2D eigenvalue weighted by Gasteiger charge is -2.13. The number of hydrogen-bond acceptors (Lipinski definition) is 5. The van der Waals surface area contributed by atoms with Crippen molar-refractivity contribution in [2.24, 2.45) is 0 Å². The van der Waals surface area contributed by atoms with Gasteiger partial charge in [0.1, 0.15) is 0 Å². The Morgan fingerprint density at radius 2 is 2.24 bits per heavy atom. The summed E-state index contributed by atoms with van der Waals surface area (Å²) in [6.45, 7) is 3.22. The van der Waals surface area contributed by atoms with Gasteiger partial charge < -0.3 is 20.5 Å². The highest BCUT2D eigenvalue weighted by Gasteiger charge is 2.14. The van der Waals surface area contributed by atoms with Crippen LogP contribution in [0.5, 0.6) is 0 Å². The van der Waals surface area contributed by atoms with E-state index in [2.05, 4.69) is 5.32 Å². The SMILES string of the molecule is CCOC(=O)c1cccc(N)c1NCCOC. The first-order valence-electron chi connectivity index (χ1n) is 5.49. The molecule has 0 heterocycles. The molecule has 0 amide bonds. The Bertz CT molecular complexity index is 380. The fraction of sp³-hybridized carbons (Fsp3) is 0.417. The first-order chi connectivity index (χ1) is 8.20. The number of nitrogen functional groups attached to an aromatic ring is 1. The van der Waals surface area contributed by atoms with E-state index in [4.69, 9.17) is 15.2 Å². The minimum absolute atomic E-state index is 0.338. The molecule has 0 aliphatic carbocycles. The first-order valence-corrected chi connectivity index (χ1v) is 5.49. The summed E-state index contributed by atoms with van der Waals surface area (Å²) in [6, 6.07) is 5.14. The summed E-state index contributed by atoms with van der Waals surface area (Å²) in [6.07, 6.45) is 0. The second kappa shape index (κ2) is 6.75. The second-order valence-corrected chi connectivity index (χ2v) is 3.41. The second-order valence-electron chi connectivity index (χ2n) is 3.41. The number of hydrogen-bond donors (Lipinski definition) is 2. The summed E-state index contributed by atoms with van der Waals surface area (Å²) in [5, 5.41) is 3.07.